The van der Waals surface area contributed by atoms with Gasteiger partial charge in [-0.15, -0.1) is 12.3 Å². The van der Waals surface area contributed by atoms with Crippen molar-refractivity contribution in [2.75, 3.05) is 21.2 Å². The molecule has 3 aliphatic rings. The number of benzene rings is 2. The first kappa shape index (κ1) is 31.1. The second-order valence-corrected chi connectivity index (χ2v) is 12.2. The number of phenols is 1. The first-order chi connectivity index (χ1) is 20.9. The fraction of sp³-hybridized carbons (Fsp3) is 0.441. The maximum absolute atomic E-state index is 14.1. The zero-order chi connectivity index (χ0) is 32.1. The van der Waals surface area contributed by atoms with Gasteiger partial charge in [-0.25, -0.2) is 0 Å². The zero-order valence-corrected chi connectivity index (χ0v) is 25.0. The van der Waals surface area contributed by atoms with Crippen molar-refractivity contribution in [3.63, 3.8) is 0 Å². The van der Waals surface area contributed by atoms with E-state index in [1.807, 2.05) is 18.2 Å². The van der Waals surface area contributed by atoms with Crippen molar-refractivity contribution >= 4 is 29.0 Å². The minimum atomic E-state index is -2.76. The molecule has 2 unspecified atom stereocenters. The third-order valence-corrected chi connectivity index (χ3v) is 9.54. The van der Waals surface area contributed by atoms with Crippen LogP contribution in [0.15, 0.2) is 30.3 Å². The van der Waals surface area contributed by atoms with Crippen molar-refractivity contribution in [2.24, 2.45) is 29.4 Å². The second kappa shape index (κ2) is 11.6. The van der Waals surface area contributed by atoms with Crippen LogP contribution in [0.4, 0.5) is 0 Å². The molecule has 5 rings (SSSR count). The molecule has 44 heavy (non-hydrogen) atoms. The Morgan fingerprint density at radius 2 is 1.84 bits per heavy atom. The molecule has 0 radical (unpaired) electrons. The van der Waals surface area contributed by atoms with Gasteiger partial charge in [0.15, 0.2) is 34.7 Å². The van der Waals surface area contributed by atoms with Crippen molar-refractivity contribution in [2.45, 2.75) is 50.2 Å². The lowest BCUT2D eigenvalue weighted by atomic mass is 9.52. The van der Waals surface area contributed by atoms with E-state index in [0.29, 0.717) is 28.9 Å². The van der Waals surface area contributed by atoms with Gasteiger partial charge in [-0.05, 0) is 87.0 Å². The third kappa shape index (κ3) is 4.71. The van der Waals surface area contributed by atoms with Crippen LogP contribution in [-0.2, 0) is 32.0 Å². The summed E-state index contributed by atoms with van der Waals surface area (Å²) in [6.45, 7) is 0. The fourth-order valence-corrected chi connectivity index (χ4v) is 7.53. The number of hydrogen-bond acceptors (Lipinski definition) is 9. The molecule has 2 saturated carbocycles. The molecule has 4 N–H and O–H groups in total. The van der Waals surface area contributed by atoms with Crippen molar-refractivity contribution < 1.29 is 38.9 Å². The lowest BCUT2D eigenvalue weighted by Crippen LogP contribution is -2.74. The largest absolute Gasteiger partial charge is 0.507 e. The number of nitrogens with two attached hydrogens (primary N) is 1. The molecule has 230 valence electrons. The van der Waals surface area contributed by atoms with E-state index in [1.54, 1.807) is 20.2 Å². The van der Waals surface area contributed by atoms with E-state index < -0.39 is 64.4 Å². The summed E-state index contributed by atoms with van der Waals surface area (Å²) < 4.78 is 5.67. The van der Waals surface area contributed by atoms with Crippen molar-refractivity contribution in [3.05, 3.63) is 47.0 Å². The highest BCUT2D eigenvalue weighted by Crippen LogP contribution is 2.52. The summed E-state index contributed by atoms with van der Waals surface area (Å²) in [5.41, 5.74) is 5.47. The van der Waals surface area contributed by atoms with Gasteiger partial charge in [0.2, 0.25) is 5.91 Å². The van der Waals surface area contributed by atoms with Gasteiger partial charge >= 0.3 is 0 Å². The van der Waals surface area contributed by atoms with Gasteiger partial charge in [-0.2, -0.15) is 0 Å². The third-order valence-electron chi connectivity index (χ3n) is 9.54. The Labute approximate surface area is 255 Å². The number of terminal acetylenes is 1. The molecule has 6 atom stereocenters. The smallest absolute Gasteiger partial charge is 0.235 e. The van der Waals surface area contributed by atoms with E-state index in [2.05, 4.69) is 5.92 Å². The molecule has 0 heterocycles. The van der Waals surface area contributed by atoms with E-state index in [9.17, 15) is 34.2 Å². The predicted octanol–water partition coefficient (Wildman–Crippen LogP) is 1.89. The number of aryl methyl sites for hydroxylation is 1. The number of fused-ring (bicyclic) bond motifs is 3. The molecule has 2 fully saturated rings. The number of aliphatic hydroxyl groups is 1. The van der Waals surface area contributed by atoms with Gasteiger partial charge in [-0.1, -0.05) is 12.1 Å². The Morgan fingerprint density at radius 1 is 1.11 bits per heavy atom. The lowest BCUT2D eigenvalue weighted by Gasteiger charge is -2.52. The summed E-state index contributed by atoms with van der Waals surface area (Å²) in [6.07, 6.45) is 8.75. The van der Waals surface area contributed by atoms with E-state index >= 15 is 0 Å². The average molecular weight is 601 g/mol. The van der Waals surface area contributed by atoms with Crippen LogP contribution in [0.2, 0.25) is 0 Å². The number of likely N-dealkylation sites (N-methyl/N-ethyl adjacent to an activating group) is 1. The van der Waals surface area contributed by atoms with E-state index in [0.717, 1.165) is 24.8 Å². The Bertz CT molecular complexity index is 1620. The van der Waals surface area contributed by atoms with Crippen LogP contribution < -0.4 is 10.5 Å². The number of phenolic OH excluding ortho intramolecular Hbond substituents is 1. The topological polar surface area (TPSA) is 164 Å². The number of ether oxygens (including phenoxy) is 1. The average Bonchev–Trinajstić information content (AvgIpc) is 2.97. The highest BCUT2D eigenvalue weighted by molar-refractivity contribution is 6.32. The summed E-state index contributed by atoms with van der Waals surface area (Å²) in [6, 6.07) is 7.71. The Hall–Kier alpha value is -4.33. The fourth-order valence-electron chi connectivity index (χ4n) is 7.53. The van der Waals surface area contributed by atoms with Gasteiger partial charge in [-0.3, -0.25) is 28.9 Å². The number of methoxy groups -OCH3 is 1. The zero-order valence-electron chi connectivity index (χ0n) is 25.0. The molecule has 0 aromatic heterocycles. The molecule has 1 amide bonds. The summed E-state index contributed by atoms with van der Waals surface area (Å²) in [7, 11) is 4.64. The Morgan fingerprint density at radius 3 is 2.48 bits per heavy atom. The van der Waals surface area contributed by atoms with Crippen molar-refractivity contribution in [3.8, 4) is 35.0 Å². The van der Waals surface area contributed by atoms with E-state index in [-0.39, 0.29) is 24.2 Å². The van der Waals surface area contributed by atoms with Crippen LogP contribution in [0, 0.1) is 36.0 Å². The molecule has 10 heteroatoms. The van der Waals surface area contributed by atoms with Crippen molar-refractivity contribution in [1.29, 1.82) is 0 Å². The summed E-state index contributed by atoms with van der Waals surface area (Å²) >= 11 is 0. The molecule has 10 nitrogen and oxygen atoms in total. The van der Waals surface area contributed by atoms with Gasteiger partial charge in [0.05, 0.1) is 24.6 Å². The molecule has 2 aromatic carbocycles. The van der Waals surface area contributed by atoms with Crippen LogP contribution in [0.3, 0.4) is 0 Å². The van der Waals surface area contributed by atoms with Gasteiger partial charge in [0.25, 0.3) is 0 Å². The first-order valence-corrected chi connectivity index (χ1v) is 14.7. The first-order valence-electron chi connectivity index (χ1n) is 14.7. The molecular weight excluding hydrogens is 564 g/mol. The summed E-state index contributed by atoms with van der Waals surface area (Å²) in [5, 5.41) is 22.7. The second-order valence-electron chi connectivity index (χ2n) is 12.2. The number of carbonyl (C=O) groups is 5. The van der Waals surface area contributed by atoms with Crippen LogP contribution in [-0.4, -0.2) is 77.0 Å². The molecule has 0 spiro atoms. The Kier molecular flexibility index (Phi) is 8.23. The minimum Gasteiger partial charge on any atom is -0.507 e. The molecule has 0 aliphatic heterocycles. The minimum absolute atomic E-state index is 0.0225. The molecule has 0 bridgehead atoms. The van der Waals surface area contributed by atoms with E-state index in [1.165, 1.54) is 18.1 Å². The number of rotatable bonds is 8. The lowest BCUT2D eigenvalue weighted by molar-refractivity contribution is -0.181. The van der Waals surface area contributed by atoms with Crippen LogP contribution in [0.25, 0.3) is 11.1 Å². The van der Waals surface area contributed by atoms with Crippen LogP contribution >= 0.6 is 0 Å². The highest BCUT2D eigenvalue weighted by Gasteiger charge is 2.69. The number of nitrogens with zero attached hydrogens (tertiary/aromatic N) is 1. The standard InChI is InChI=1S/C34H36N2O8/c1-5-6-7-8-9-17-10-13-24(44-4)20(14-17)19-11-12-23(37)26-21(19)15-18-16-22-28(36(2)3)30(39)27(33(35)42)32(41)34(22,43)31(40)25(18)29(26)38/h1,10-14,18,22,25,27-28,37,43H,6-9,15-16H2,2-4H3,(H2,35,42)/t18-,22-,25?,27?,28-,34-/m1/s1. The number of Topliss-reactive ketones (excluding diaryl/α,β-unsaturated/α-hetero) is 4. The SMILES string of the molecule is C#CCCCCc1ccc(OC)c(-c2ccc(O)c3c2C[C@@H]2C[C@@H]4[C@@H](N(C)C)C(=O)C(C(N)=O)C(=O)[C@]4(O)C(=O)C2C3=O)c1. The van der Waals surface area contributed by atoms with E-state index in [4.69, 9.17) is 16.9 Å². The maximum Gasteiger partial charge on any atom is 0.235 e. The molecular formula is C34H36N2O8. The van der Waals surface area contributed by atoms with Gasteiger partial charge < -0.3 is 20.7 Å². The molecule has 2 aromatic rings. The quantitative estimate of drug-likeness (QED) is 0.233. The monoisotopic (exact) mass is 600 g/mol. The van der Waals surface area contributed by atoms with Gasteiger partial charge in [0, 0.05) is 17.9 Å². The maximum atomic E-state index is 14.1. The van der Waals surface area contributed by atoms with Crippen molar-refractivity contribution in [1.82, 2.24) is 4.90 Å². The number of ketones is 4. The Balaban J connectivity index is 1.61. The molecule has 3 aliphatic carbocycles. The number of hydrogen-bond donors (Lipinski definition) is 3. The summed E-state index contributed by atoms with van der Waals surface area (Å²) in [5.74, 6) is -7.60. The normalized spacial score (nSPS) is 27.8. The van der Waals surface area contributed by atoms with Crippen LogP contribution in [0.1, 0.15) is 47.2 Å². The molecule has 0 saturated heterocycles. The van der Waals surface area contributed by atoms with Crippen LogP contribution in [0.5, 0.6) is 11.5 Å². The number of amides is 1. The number of unbranched alkanes of at least 4 members (excludes halogenated alkanes) is 2. The number of primary amides is 1. The number of aromatic hydroxyl groups is 1. The van der Waals surface area contributed by atoms with Gasteiger partial charge in [0.1, 0.15) is 11.5 Å². The summed E-state index contributed by atoms with van der Waals surface area (Å²) in [4.78, 5) is 68.6. The highest BCUT2D eigenvalue weighted by atomic mass is 16.5. The number of carbonyl (C=O) groups excluding carboxylic acids is 5. The predicted molar refractivity (Wildman–Crippen MR) is 160 cm³/mol.